The van der Waals surface area contributed by atoms with Crippen molar-refractivity contribution in [3.05, 3.63) is 69.8 Å². The number of hydrogen-bond donors (Lipinski definition) is 3. The van der Waals surface area contributed by atoms with Gasteiger partial charge in [-0.15, -0.1) is 0 Å². The molecule has 1 atom stereocenters. The standard InChI is InChI=1S/C20H23N3O5/c1-13(2)19(22-18(25)10-14-6-4-3-5-7-14)20(26)21-12-15-11-16(23(27)28)8-9-17(15)24/h3-9,11,13,19,24H,10,12H2,1-2H3,(H,21,26)(H,22,25)/t19-/m0/s1. The molecule has 0 aliphatic carbocycles. The van der Waals surface area contributed by atoms with Gasteiger partial charge in [-0.2, -0.15) is 0 Å². The van der Waals surface area contributed by atoms with Crippen molar-refractivity contribution < 1.29 is 19.6 Å². The van der Waals surface area contributed by atoms with Gasteiger partial charge in [-0.05, 0) is 17.5 Å². The van der Waals surface area contributed by atoms with Crippen molar-refractivity contribution in [1.82, 2.24) is 10.6 Å². The Labute approximate surface area is 162 Å². The average Bonchev–Trinajstić information content (AvgIpc) is 2.65. The van der Waals surface area contributed by atoms with E-state index in [4.69, 9.17) is 0 Å². The molecule has 148 valence electrons. The van der Waals surface area contributed by atoms with E-state index in [-0.39, 0.29) is 41.8 Å². The minimum Gasteiger partial charge on any atom is -0.508 e. The summed E-state index contributed by atoms with van der Waals surface area (Å²) in [6, 6.07) is 12.0. The van der Waals surface area contributed by atoms with Crippen LogP contribution in [0.1, 0.15) is 25.0 Å². The first-order chi connectivity index (χ1) is 13.3. The zero-order valence-electron chi connectivity index (χ0n) is 15.7. The number of carbonyl (C=O) groups excluding carboxylic acids is 2. The van der Waals surface area contributed by atoms with Crippen LogP contribution in [0, 0.1) is 16.0 Å². The van der Waals surface area contributed by atoms with Gasteiger partial charge in [-0.25, -0.2) is 0 Å². The highest BCUT2D eigenvalue weighted by Crippen LogP contribution is 2.22. The molecule has 0 aliphatic heterocycles. The molecule has 2 amide bonds. The maximum Gasteiger partial charge on any atom is 0.270 e. The lowest BCUT2D eigenvalue weighted by Crippen LogP contribution is -2.49. The monoisotopic (exact) mass is 385 g/mol. The first-order valence-electron chi connectivity index (χ1n) is 8.85. The van der Waals surface area contributed by atoms with Gasteiger partial charge in [0, 0.05) is 24.2 Å². The Kier molecular flexibility index (Phi) is 7.08. The molecule has 8 nitrogen and oxygen atoms in total. The first kappa shape index (κ1) is 20.9. The SMILES string of the molecule is CC(C)[C@H](NC(=O)Cc1ccccc1)C(=O)NCc1cc([N+](=O)[O-])ccc1O. The van der Waals surface area contributed by atoms with Gasteiger partial charge in [0.2, 0.25) is 11.8 Å². The van der Waals surface area contributed by atoms with Crippen molar-refractivity contribution in [2.75, 3.05) is 0 Å². The molecule has 0 aromatic heterocycles. The van der Waals surface area contributed by atoms with Crippen LogP contribution in [0.3, 0.4) is 0 Å². The van der Waals surface area contributed by atoms with E-state index in [2.05, 4.69) is 10.6 Å². The smallest absolute Gasteiger partial charge is 0.270 e. The minimum atomic E-state index is -0.767. The Bertz CT molecular complexity index is 852. The largest absolute Gasteiger partial charge is 0.508 e. The zero-order chi connectivity index (χ0) is 20.7. The molecule has 2 aromatic rings. The van der Waals surface area contributed by atoms with Crippen molar-refractivity contribution in [3.63, 3.8) is 0 Å². The van der Waals surface area contributed by atoms with Gasteiger partial charge in [0.15, 0.2) is 0 Å². The summed E-state index contributed by atoms with van der Waals surface area (Å²) in [5.41, 5.74) is 0.878. The summed E-state index contributed by atoms with van der Waals surface area (Å²) < 4.78 is 0. The van der Waals surface area contributed by atoms with Crippen molar-refractivity contribution in [3.8, 4) is 5.75 Å². The molecule has 0 spiro atoms. The lowest BCUT2D eigenvalue weighted by Gasteiger charge is -2.22. The highest BCUT2D eigenvalue weighted by Gasteiger charge is 2.24. The molecule has 0 heterocycles. The lowest BCUT2D eigenvalue weighted by molar-refractivity contribution is -0.384. The molecule has 8 heteroatoms. The predicted octanol–water partition coefficient (Wildman–Crippen LogP) is 2.30. The van der Waals surface area contributed by atoms with Gasteiger partial charge in [0.25, 0.3) is 5.69 Å². The maximum absolute atomic E-state index is 12.5. The van der Waals surface area contributed by atoms with Gasteiger partial charge in [0.05, 0.1) is 11.3 Å². The second kappa shape index (κ2) is 9.50. The summed E-state index contributed by atoms with van der Waals surface area (Å²) in [6.45, 7) is 3.51. The number of phenolic OH excluding ortho intramolecular Hbond substituents is 1. The van der Waals surface area contributed by atoms with Crippen LogP contribution >= 0.6 is 0 Å². The van der Waals surface area contributed by atoms with Crippen molar-refractivity contribution in [2.45, 2.75) is 32.9 Å². The van der Waals surface area contributed by atoms with Crippen LogP contribution in [0.15, 0.2) is 48.5 Å². The summed E-state index contributed by atoms with van der Waals surface area (Å²) in [7, 11) is 0. The lowest BCUT2D eigenvalue weighted by atomic mass is 10.0. The van der Waals surface area contributed by atoms with Crippen molar-refractivity contribution >= 4 is 17.5 Å². The number of aromatic hydroxyl groups is 1. The summed E-state index contributed by atoms with van der Waals surface area (Å²) in [6.07, 6.45) is 0.156. The number of non-ortho nitro benzene ring substituents is 1. The fourth-order valence-corrected chi connectivity index (χ4v) is 2.66. The zero-order valence-corrected chi connectivity index (χ0v) is 15.7. The minimum absolute atomic E-state index is 0.0931. The van der Waals surface area contributed by atoms with E-state index in [1.54, 1.807) is 13.8 Å². The summed E-state index contributed by atoms with van der Waals surface area (Å²) in [5.74, 6) is -1.03. The molecular weight excluding hydrogens is 362 g/mol. The van der Waals surface area contributed by atoms with Gasteiger partial charge in [-0.3, -0.25) is 19.7 Å². The molecule has 28 heavy (non-hydrogen) atoms. The summed E-state index contributed by atoms with van der Waals surface area (Å²) >= 11 is 0. The highest BCUT2D eigenvalue weighted by molar-refractivity contribution is 5.88. The topological polar surface area (TPSA) is 122 Å². The van der Waals surface area contributed by atoms with E-state index in [0.29, 0.717) is 0 Å². The number of nitrogens with zero attached hydrogens (tertiary/aromatic N) is 1. The van der Waals surface area contributed by atoms with Crippen molar-refractivity contribution in [1.29, 1.82) is 0 Å². The van der Waals surface area contributed by atoms with Crippen LogP contribution < -0.4 is 10.6 Å². The van der Waals surface area contributed by atoms with Crippen LogP contribution in [-0.4, -0.2) is 27.9 Å². The van der Waals surface area contributed by atoms with Gasteiger partial charge >= 0.3 is 0 Å². The van der Waals surface area contributed by atoms with E-state index >= 15 is 0 Å². The molecule has 0 aliphatic rings. The number of nitrogens with one attached hydrogen (secondary N) is 2. The Hall–Kier alpha value is -3.42. The molecule has 2 rings (SSSR count). The quantitative estimate of drug-likeness (QED) is 0.475. The number of phenols is 1. The maximum atomic E-state index is 12.5. The molecule has 0 saturated heterocycles. The predicted molar refractivity (Wildman–Crippen MR) is 104 cm³/mol. The highest BCUT2D eigenvalue weighted by atomic mass is 16.6. The fraction of sp³-hybridized carbons (Fsp3) is 0.300. The van der Waals surface area contributed by atoms with Gasteiger partial charge in [-0.1, -0.05) is 44.2 Å². The van der Waals surface area contributed by atoms with E-state index in [1.807, 2.05) is 30.3 Å². The number of amides is 2. The third-order valence-electron chi connectivity index (χ3n) is 4.20. The molecule has 3 N–H and O–H groups in total. The van der Waals surface area contributed by atoms with E-state index in [1.165, 1.54) is 18.2 Å². The number of nitro benzene ring substituents is 1. The van der Waals surface area contributed by atoms with Crippen LogP contribution in [0.2, 0.25) is 0 Å². The van der Waals surface area contributed by atoms with Crippen molar-refractivity contribution in [2.24, 2.45) is 5.92 Å². The molecule has 0 saturated carbocycles. The summed E-state index contributed by atoms with van der Waals surface area (Å²) in [5, 5.41) is 26.0. The average molecular weight is 385 g/mol. The fourth-order valence-electron chi connectivity index (χ4n) is 2.66. The number of benzene rings is 2. The van der Waals surface area contributed by atoms with E-state index < -0.39 is 16.9 Å². The Morgan fingerprint density at radius 1 is 1.14 bits per heavy atom. The molecular formula is C20H23N3O5. The third-order valence-corrected chi connectivity index (χ3v) is 4.20. The Morgan fingerprint density at radius 3 is 2.43 bits per heavy atom. The first-order valence-corrected chi connectivity index (χ1v) is 8.85. The Balaban J connectivity index is 2.00. The molecule has 0 bridgehead atoms. The van der Waals surface area contributed by atoms with Gasteiger partial charge < -0.3 is 15.7 Å². The molecule has 0 radical (unpaired) electrons. The Morgan fingerprint density at radius 2 is 1.82 bits per heavy atom. The normalized spacial score (nSPS) is 11.7. The third kappa shape index (κ3) is 5.80. The van der Waals surface area contributed by atoms with Crippen LogP contribution in [0.25, 0.3) is 0 Å². The number of nitro groups is 1. The van der Waals surface area contributed by atoms with E-state index in [9.17, 15) is 24.8 Å². The number of hydrogen-bond acceptors (Lipinski definition) is 5. The number of rotatable bonds is 8. The van der Waals surface area contributed by atoms with Crippen LogP contribution in [0.5, 0.6) is 5.75 Å². The summed E-state index contributed by atoms with van der Waals surface area (Å²) in [4.78, 5) is 35.1. The van der Waals surface area contributed by atoms with Gasteiger partial charge in [0.1, 0.15) is 11.8 Å². The van der Waals surface area contributed by atoms with Crippen LogP contribution in [-0.2, 0) is 22.6 Å². The molecule has 2 aromatic carbocycles. The molecule has 0 fully saturated rings. The second-order valence-corrected chi connectivity index (χ2v) is 6.74. The second-order valence-electron chi connectivity index (χ2n) is 6.74. The number of carbonyl (C=O) groups is 2. The van der Waals surface area contributed by atoms with Crippen LogP contribution in [0.4, 0.5) is 5.69 Å². The molecule has 0 unspecified atom stereocenters. The van der Waals surface area contributed by atoms with E-state index in [0.717, 1.165) is 5.56 Å².